The molecule has 1 fully saturated rings. The highest BCUT2D eigenvalue weighted by Crippen LogP contribution is 2.29. The molecule has 0 atom stereocenters. The smallest absolute Gasteiger partial charge is 0.233 e. The van der Waals surface area contributed by atoms with Crippen LogP contribution in [-0.2, 0) is 9.53 Å². The fourth-order valence-corrected chi connectivity index (χ4v) is 3.84. The maximum absolute atomic E-state index is 12.5. The number of morpholine rings is 1. The van der Waals surface area contributed by atoms with Gasteiger partial charge in [0.15, 0.2) is 10.9 Å². The number of para-hydroxylation sites is 1. The van der Waals surface area contributed by atoms with Crippen LogP contribution in [0.4, 0.5) is 0 Å². The second kappa shape index (κ2) is 7.98. The van der Waals surface area contributed by atoms with Crippen molar-refractivity contribution in [2.75, 3.05) is 32.1 Å². The molecule has 3 heterocycles. The summed E-state index contributed by atoms with van der Waals surface area (Å²) in [6.45, 7) is 4.51. The molecule has 7 nitrogen and oxygen atoms in total. The van der Waals surface area contributed by atoms with Gasteiger partial charge in [0.2, 0.25) is 11.7 Å². The highest BCUT2D eigenvalue weighted by atomic mass is 32.2. The van der Waals surface area contributed by atoms with E-state index in [4.69, 9.17) is 9.15 Å². The molecular weight excluding hydrogens is 364 g/mol. The van der Waals surface area contributed by atoms with Crippen molar-refractivity contribution in [3.63, 3.8) is 0 Å². The zero-order valence-corrected chi connectivity index (χ0v) is 15.8. The van der Waals surface area contributed by atoms with Gasteiger partial charge < -0.3 is 14.1 Å². The number of carbonyl (C=O) groups is 1. The Labute approximate surface area is 161 Å². The van der Waals surface area contributed by atoms with Crippen LogP contribution in [0.1, 0.15) is 5.56 Å². The zero-order chi connectivity index (χ0) is 18.6. The molecule has 1 saturated heterocycles. The van der Waals surface area contributed by atoms with Crippen LogP contribution in [0.3, 0.4) is 0 Å². The van der Waals surface area contributed by atoms with Crippen molar-refractivity contribution in [2.45, 2.75) is 12.1 Å². The molecule has 0 radical (unpaired) electrons. The third-order valence-corrected chi connectivity index (χ3v) is 5.33. The van der Waals surface area contributed by atoms with Gasteiger partial charge >= 0.3 is 0 Å². The summed E-state index contributed by atoms with van der Waals surface area (Å²) in [6, 6.07) is 11.7. The number of carbonyl (C=O) groups excluding carboxylic acids is 1. The summed E-state index contributed by atoms with van der Waals surface area (Å²) in [7, 11) is 0. The second-order valence-electron chi connectivity index (χ2n) is 6.19. The molecule has 1 aromatic carbocycles. The number of hydrogen-bond donors (Lipinski definition) is 0. The Morgan fingerprint density at radius 3 is 2.70 bits per heavy atom. The average Bonchev–Trinajstić information content (AvgIpc) is 3.37. The first-order valence-electron chi connectivity index (χ1n) is 8.77. The van der Waals surface area contributed by atoms with Crippen molar-refractivity contribution in [2.24, 2.45) is 0 Å². The Balaban J connectivity index is 1.63. The van der Waals surface area contributed by atoms with E-state index in [0.29, 0.717) is 48.8 Å². The van der Waals surface area contributed by atoms with E-state index in [1.807, 2.05) is 52.8 Å². The van der Waals surface area contributed by atoms with Crippen molar-refractivity contribution in [3.8, 4) is 17.3 Å². The van der Waals surface area contributed by atoms with Crippen LogP contribution in [0.15, 0.2) is 52.2 Å². The normalized spacial score (nSPS) is 14.5. The van der Waals surface area contributed by atoms with Gasteiger partial charge in [0.1, 0.15) is 0 Å². The molecular formula is C19H20N4O3S. The number of amides is 1. The monoisotopic (exact) mass is 384 g/mol. The van der Waals surface area contributed by atoms with Gasteiger partial charge in [-0.1, -0.05) is 30.0 Å². The Hall–Kier alpha value is -2.58. The molecule has 0 saturated carbocycles. The summed E-state index contributed by atoms with van der Waals surface area (Å²) < 4.78 is 12.8. The van der Waals surface area contributed by atoms with E-state index in [1.54, 1.807) is 6.26 Å². The number of rotatable bonds is 5. The second-order valence-corrected chi connectivity index (χ2v) is 7.13. The molecule has 8 heteroatoms. The Morgan fingerprint density at radius 1 is 1.15 bits per heavy atom. The van der Waals surface area contributed by atoms with Gasteiger partial charge in [0, 0.05) is 13.1 Å². The third kappa shape index (κ3) is 3.77. The predicted molar refractivity (Wildman–Crippen MR) is 102 cm³/mol. The summed E-state index contributed by atoms with van der Waals surface area (Å²) in [4.78, 5) is 14.3. The minimum absolute atomic E-state index is 0.0854. The largest absolute Gasteiger partial charge is 0.461 e. The van der Waals surface area contributed by atoms with Crippen LogP contribution in [0.25, 0.3) is 17.3 Å². The Bertz CT molecular complexity index is 917. The van der Waals surface area contributed by atoms with E-state index in [1.165, 1.54) is 11.8 Å². The van der Waals surface area contributed by atoms with Gasteiger partial charge in [-0.15, -0.1) is 10.2 Å². The summed E-state index contributed by atoms with van der Waals surface area (Å²) in [5.41, 5.74) is 2.06. The number of furan rings is 1. The quantitative estimate of drug-likeness (QED) is 0.630. The van der Waals surface area contributed by atoms with Crippen LogP contribution in [0.5, 0.6) is 0 Å². The van der Waals surface area contributed by atoms with Gasteiger partial charge in [-0.2, -0.15) is 0 Å². The lowest BCUT2D eigenvalue weighted by Crippen LogP contribution is -2.41. The van der Waals surface area contributed by atoms with Crippen LogP contribution < -0.4 is 0 Å². The third-order valence-electron chi connectivity index (χ3n) is 4.42. The molecule has 2 aromatic heterocycles. The predicted octanol–water partition coefficient (Wildman–Crippen LogP) is 2.79. The number of benzene rings is 1. The molecule has 27 heavy (non-hydrogen) atoms. The number of aromatic nitrogens is 3. The number of nitrogens with zero attached hydrogens (tertiary/aromatic N) is 4. The molecule has 0 bridgehead atoms. The lowest BCUT2D eigenvalue weighted by molar-refractivity contribution is -0.132. The number of hydrogen-bond acceptors (Lipinski definition) is 6. The van der Waals surface area contributed by atoms with Gasteiger partial charge in [0.05, 0.1) is 30.9 Å². The molecule has 4 rings (SSSR count). The van der Waals surface area contributed by atoms with Crippen molar-refractivity contribution < 1.29 is 13.9 Å². The minimum atomic E-state index is 0.0854. The average molecular weight is 384 g/mol. The summed E-state index contributed by atoms with van der Waals surface area (Å²) in [5, 5.41) is 9.31. The Morgan fingerprint density at radius 2 is 1.96 bits per heavy atom. The molecule has 1 amide bonds. The topological polar surface area (TPSA) is 73.4 Å². The molecule has 1 aliphatic rings. The molecule has 0 N–H and O–H groups in total. The van der Waals surface area contributed by atoms with Crippen molar-refractivity contribution in [1.29, 1.82) is 0 Å². The highest BCUT2D eigenvalue weighted by molar-refractivity contribution is 7.99. The standard InChI is InChI=1S/C19H20N4O3S/c1-14-5-2-3-6-15(14)23-18(16-7-4-10-26-16)20-21-19(23)27-13-17(24)22-8-11-25-12-9-22/h2-7,10H,8-9,11-13H2,1H3. The zero-order valence-electron chi connectivity index (χ0n) is 15.0. The lowest BCUT2D eigenvalue weighted by Gasteiger charge is -2.26. The van der Waals surface area contributed by atoms with Crippen molar-refractivity contribution >= 4 is 17.7 Å². The highest BCUT2D eigenvalue weighted by Gasteiger charge is 2.22. The molecule has 3 aromatic rings. The molecule has 0 aliphatic carbocycles. The van der Waals surface area contributed by atoms with E-state index >= 15 is 0 Å². The van der Waals surface area contributed by atoms with E-state index < -0.39 is 0 Å². The van der Waals surface area contributed by atoms with Crippen molar-refractivity contribution in [1.82, 2.24) is 19.7 Å². The minimum Gasteiger partial charge on any atom is -0.461 e. The first-order valence-corrected chi connectivity index (χ1v) is 9.76. The van der Waals surface area contributed by atoms with Gasteiger partial charge in [-0.05, 0) is 30.7 Å². The van der Waals surface area contributed by atoms with E-state index in [9.17, 15) is 4.79 Å². The van der Waals surface area contributed by atoms with E-state index in [-0.39, 0.29) is 5.91 Å². The number of aryl methyl sites for hydroxylation is 1. The molecule has 140 valence electrons. The fourth-order valence-electron chi connectivity index (χ4n) is 2.99. The first kappa shape index (κ1) is 17.8. The SMILES string of the molecule is Cc1ccccc1-n1c(SCC(=O)N2CCOCC2)nnc1-c1ccco1. The number of ether oxygens (including phenoxy) is 1. The summed E-state index contributed by atoms with van der Waals surface area (Å²) >= 11 is 1.39. The fraction of sp³-hybridized carbons (Fsp3) is 0.316. The maximum Gasteiger partial charge on any atom is 0.233 e. The summed E-state index contributed by atoms with van der Waals surface area (Å²) in [6.07, 6.45) is 1.61. The first-order chi connectivity index (χ1) is 13.2. The Kier molecular flexibility index (Phi) is 5.26. The maximum atomic E-state index is 12.5. The van der Waals surface area contributed by atoms with Gasteiger partial charge in [0.25, 0.3) is 0 Å². The van der Waals surface area contributed by atoms with E-state index in [0.717, 1.165) is 11.3 Å². The number of thioether (sulfide) groups is 1. The van der Waals surface area contributed by atoms with Crippen LogP contribution in [-0.4, -0.2) is 57.6 Å². The van der Waals surface area contributed by atoms with Gasteiger partial charge in [-0.3, -0.25) is 9.36 Å². The molecule has 0 unspecified atom stereocenters. The van der Waals surface area contributed by atoms with E-state index in [2.05, 4.69) is 10.2 Å². The van der Waals surface area contributed by atoms with Crippen LogP contribution in [0.2, 0.25) is 0 Å². The van der Waals surface area contributed by atoms with Gasteiger partial charge in [-0.25, -0.2) is 0 Å². The molecule has 1 aliphatic heterocycles. The summed E-state index contributed by atoms with van der Waals surface area (Å²) in [5.74, 6) is 1.65. The molecule has 0 spiro atoms. The lowest BCUT2D eigenvalue weighted by atomic mass is 10.2. The van der Waals surface area contributed by atoms with Crippen LogP contribution in [0, 0.1) is 6.92 Å². The van der Waals surface area contributed by atoms with Crippen molar-refractivity contribution in [3.05, 3.63) is 48.2 Å². The van der Waals surface area contributed by atoms with Crippen LogP contribution >= 0.6 is 11.8 Å².